The van der Waals surface area contributed by atoms with Gasteiger partial charge in [0.15, 0.2) is 0 Å². The summed E-state index contributed by atoms with van der Waals surface area (Å²) in [5.41, 5.74) is 0. The summed E-state index contributed by atoms with van der Waals surface area (Å²) < 4.78 is 0. The highest BCUT2D eigenvalue weighted by atomic mass is 16.3. The zero-order chi connectivity index (χ0) is 12.1. The molecule has 0 spiro atoms. The Morgan fingerprint density at radius 2 is 1.94 bits per heavy atom. The van der Waals surface area contributed by atoms with Gasteiger partial charge in [-0.25, -0.2) is 0 Å². The summed E-state index contributed by atoms with van der Waals surface area (Å²) in [4.78, 5) is 2.57. The second-order valence-corrected chi connectivity index (χ2v) is 5.80. The molecule has 0 amide bonds. The number of nitrogens with one attached hydrogen (secondary N) is 1. The van der Waals surface area contributed by atoms with Crippen LogP contribution in [0.2, 0.25) is 0 Å². The van der Waals surface area contributed by atoms with E-state index in [0.717, 1.165) is 18.9 Å². The van der Waals surface area contributed by atoms with Crippen LogP contribution in [0.3, 0.4) is 0 Å². The summed E-state index contributed by atoms with van der Waals surface area (Å²) in [6.45, 7) is 6.28. The summed E-state index contributed by atoms with van der Waals surface area (Å²) in [6, 6.07) is 1.03. The van der Waals surface area contributed by atoms with Gasteiger partial charge in [-0.1, -0.05) is 13.3 Å². The third-order valence-corrected chi connectivity index (χ3v) is 4.35. The van der Waals surface area contributed by atoms with Gasteiger partial charge in [0.05, 0.1) is 6.61 Å². The predicted molar refractivity (Wildman–Crippen MR) is 71.1 cm³/mol. The van der Waals surface area contributed by atoms with Gasteiger partial charge in [0.1, 0.15) is 0 Å². The Morgan fingerprint density at radius 1 is 1.24 bits per heavy atom. The van der Waals surface area contributed by atoms with Gasteiger partial charge < -0.3 is 15.3 Å². The number of aliphatic hydroxyl groups is 1. The Kier molecular flexibility index (Phi) is 5.26. The lowest BCUT2D eigenvalue weighted by Gasteiger charge is -2.32. The molecule has 2 rings (SSSR count). The zero-order valence-corrected chi connectivity index (χ0v) is 11.2. The van der Waals surface area contributed by atoms with E-state index in [9.17, 15) is 5.11 Å². The van der Waals surface area contributed by atoms with Crippen LogP contribution in [0.5, 0.6) is 0 Å². The van der Waals surface area contributed by atoms with Crippen LogP contribution in [-0.4, -0.2) is 48.3 Å². The molecule has 0 bridgehead atoms. The van der Waals surface area contributed by atoms with Crippen molar-refractivity contribution in [3.63, 3.8) is 0 Å². The van der Waals surface area contributed by atoms with Crippen molar-refractivity contribution in [2.24, 2.45) is 5.92 Å². The van der Waals surface area contributed by atoms with Crippen LogP contribution < -0.4 is 5.32 Å². The Balaban J connectivity index is 1.60. The molecule has 1 aliphatic carbocycles. The molecule has 1 aliphatic heterocycles. The van der Waals surface area contributed by atoms with Crippen LogP contribution in [-0.2, 0) is 0 Å². The van der Waals surface area contributed by atoms with Crippen molar-refractivity contribution in [1.82, 2.24) is 10.2 Å². The van der Waals surface area contributed by atoms with Crippen molar-refractivity contribution >= 4 is 0 Å². The first-order valence-electron chi connectivity index (χ1n) is 7.41. The summed E-state index contributed by atoms with van der Waals surface area (Å²) in [5, 5.41) is 12.9. The monoisotopic (exact) mass is 240 g/mol. The lowest BCUT2D eigenvalue weighted by atomic mass is 9.94. The first kappa shape index (κ1) is 13.3. The molecular formula is C14H28N2O. The molecule has 1 unspecified atom stereocenters. The number of hydrogen-bond donors (Lipinski definition) is 2. The summed E-state index contributed by atoms with van der Waals surface area (Å²) in [5.74, 6) is 0.962. The standard InChI is InChI=1S/C14H28N2O/c1-2-12-5-8-16(9-6-12)10-7-14(11-17)15-13-3-4-13/h12-15,17H,2-11H2,1H3. The molecule has 17 heavy (non-hydrogen) atoms. The maximum absolute atomic E-state index is 9.33. The van der Waals surface area contributed by atoms with Gasteiger partial charge in [0.2, 0.25) is 0 Å². The smallest absolute Gasteiger partial charge is 0.0585 e. The van der Waals surface area contributed by atoms with Crippen molar-refractivity contribution in [2.75, 3.05) is 26.2 Å². The largest absolute Gasteiger partial charge is 0.395 e. The molecule has 0 radical (unpaired) electrons. The molecule has 1 saturated heterocycles. The van der Waals surface area contributed by atoms with E-state index in [-0.39, 0.29) is 0 Å². The van der Waals surface area contributed by atoms with Gasteiger partial charge in [-0.15, -0.1) is 0 Å². The Bertz CT molecular complexity index is 210. The lowest BCUT2D eigenvalue weighted by molar-refractivity contribution is 0.161. The fourth-order valence-corrected chi connectivity index (χ4v) is 2.77. The summed E-state index contributed by atoms with van der Waals surface area (Å²) in [6.07, 6.45) is 7.80. The van der Waals surface area contributed by atoms with E-state index in [1.807, 2.05) is 0 Å². The van der Waals surface area contributed by atoms with Gasteiger partial charge >= 0.3 is 0 Å². The van der Waals surface area contributed by atoms with E-state index in [2.05, 4.69) is 17.1 Å². The third kappa shape index (κ3) is 4.57. The van der Waals surface area contributed by atoms with Crippen molar-refractivity contribution in [1.29, 1.82) is 0 Å². The van der Waals surface area contributed by atoms with E-state index in [1.54, 1.807) is 0 Å². The first-order chi connectivity index (χ1) is 8.31. The van der Waals surface area contributed by atoms with Crippen LogP contribution in [0.1, 0.15) is 45.4 Å². The minimum Gasteiger partial charge on any atom is -0.395 e. The van der Waals surface area contributed by atoms with Crippen LogP contribution in [0.15, 0.2) is 0 Å². The van der Waals surface area contributed by atoms with Crippen molar-refractivity contribution < 1.29 is 5.11 Å². The average Bonchev–Trinajstić information content (AvgIpc) is 3.19. The molecule has 1 atom stereocenters. The molecule has 0 aromatic carbocycles. The van der Waals surface area contributed by atoms with Gasteiger partial charge in [0, 0.05) is 12.1 Å². The van der Waals surface area contributed by atoms with Crippen LogP contribution in [0.4, 0.5) is 0 Å². The zero-order valence-electron chi connectivity index (χ0n) is 11.2. The predicted octanol–water partition coefficient (Wildman–Crippen LogP) is 1.61. The minimum absolute atomic E-state index is 0.294. The van der Waals surface area contributed by atoms with Gasteiger partial charge in [-0.2, -0.15) is 0 Å². The number of piperidine rings is 1. The molecule has 2 N–H and O–H groups in total. The van der Waals surface area contributed by atoms with E-state index < -0.39 is 0 Å². The Labute approximate surface area is 106 Å². The molecule has 0 aromatic rings. The summed E-state index contributed by atoms with van der Waals surface area (Å²) in [7, 11) is 0. The van der Waals surface area contributed by atoms with E-state index >= 15 is 0 Å². The van der Waals surface area contributed by atoms with E-state index in [1.165, 1.54) is 45.2 Å². The molecule has 2 aliphatic rings. The maximum Gasteiger partial charge on any atom is 0.0585 e. The maximum atomic E-state index is 9.33. The molecule has 1 saturated carbocycles. The highest BCUT2D eigenvalue weighted by Gasteiger charge is 2.25. The molecule has 100 valence electrons. The van der Waals surface area contributed by atoms with Crippen molar-refractivity contribution in [2.45, 2.75) is 57.5 Å². The number of aliphatic hydroxyl groups excluding tert-OH is 1. The Morgan fingerprint density at radius 3 is 2.47 bits per heavy atom. The SMILES string of the molecule is CCC1CCN(CCC(CO)NC2CC2)CC1. The molecule has 3 heteroatoms. The third-order valence-electron chi connectivity index (χ3n) is 4.35. The van der Waals surface area contributed by atoms with Gasteiger partial charge in [-0.05, 0) is 57.7 Å². The van der Waals surface area contributed by atoms with Gasteiger partial charge in [-0.3, -0.25) is 0 Å². The topological polar surface area (TPSA) is 35.5 Å². The first-order valence-corrected chi connectivity index (χ1v) is 7.41. The molecule has 1 heterocycles. The van der Waals surface area contributed by atoms with Gasteiger partial charge in [0.25, 0.3) is 0 Å². The second kappa shape index (κ2) is 6.72. The van der Waals surface area contributed by atoms with Crippen LogP contribution in [0, 0.1) is 5.92 Å². The fraction of sp³-hybridized carbons (Fsp3) is 1.00. The minimum atomic E-state index is 0.294. The molecule has 0 aromatic heterocycles. The van der Waals surface area contributed by atoms with Crippen molar-refractivity contribution in [3.8, 4) is 0 Å². The lowest BCUT2D eigenvalue weighted by Crippen LogP contribution is -2.40. The quantitative estimate of drug-likeness (QED) is 0.710. The molecule has 3 nitrogen and oxygen atoms in total. The number of likely N-dealkylation sites (tertiary alicyclic amines) is 1. The fourth-order valence-electron chi connectivity index (χ4n) is 2.77. The summed E-state index contributed by atoms with van der Waals surface area (Å²) >= 11 is 0. The number of hydrogen-bond acceptors (Lipinski definition) is 3. The number of nitrogens with zero attached hydrogens (tertiary/aromatic N) is 1. The highest BCUT2D eigenvalue weighted by molar-refractivity contribution is 4.85. The van der Waals surface area contributed by atoms with E-state index in [4.69, 9.17) is 0 Å². The average molecular weight is 240 g/mol. The second-order valence-electron chi connectivity index (χ2n) is 5.80. The van der Waals surface area contributed by atoms with Crippen LogP contribution >= 0.6 is 0 Å². The molecular weight excluding hydrogens is 212 g/mol. The Hall–Kier alpha value is -0.120. The van der Waals surface area contributed by atoms with Crippen LogP contribution in [0.25, 0.3) is 0 Å². The number of rotatable bonds is 7. The highest BCUT2D eigenvalue weighted by Crippen LogP contribution is 2.21. The van der Waals surface area contributed by atoms with Crippen molar-refractivity contribution in [3.05, 3.63) is 0 Å². The molecule has 2 fully saturated rings. The normalized spacial score (nSPS) is 25.1. The van der Waals surface area contributed by atoms with E-state index in [0.29, 0.717) is 18.7 Å².